The molecule has 16 heavy (non-hydrogen) atoms. The van der Waals surface area contributed by atoms with Crippen LogP contribution in [-0.4, -0.2) is 30.0 Å². The molecule has 1 fully saturated rings. The summed E-state index contributed by atoms with van der Waals surface area (Å²) < 4.78 is 5.15. The zero-order valence-electron chi connectivity index (χ0n) is 9.61. The van der Waals surface area contributed by atoms with Gasteiger partial charge in [-0.15, -0.1) is 11.8 Å². The van der Waals surface area contributed by atoms with Crippen LogP contribution in [0.2, 0.25) is 0 Å². The fraction of sp³-hybridized carbons (Fsp3) is 0.583. The maximum Gasteiger partial charge on any atom is 0.126 e. The molecule has 1 saturated heterocycles. The second-order valence-corrected chi connectivity index (χ2v) is 5.24. The molecular formula is C12H18N2OS. The predicted molar refractivity (Wildman–Crippen MR) is 68.9 cm³/mol. The van der Waals surface area contributed by atoms with Crippen LogP contribution in [0.5, 0.6) is 0 Å². The second kappa shape index (κ2) is 6.11. The van der Waals surface area contributed by atoms with Crippen LogP contribution in [-0.2, 0) is 10.5 Å². The third-order valence-corrected chi connectivity index (χ3v) is 3.72. The molecule has 0 unspecified atom stereocenters. The average molecular weight is 238 g/mol. The molecule has 0 saturated carbocycles. The van der Waals surface area contributed by atoms with E-state index >= 15 is 0 Å². The van der Waals surface area contributed by atoms with E-state index < -0.39 is 0 Å². The molecule has 0 radical (unpaired) electrons. The van der Waals surface area contributed by atoms with Gasteiger partial charge in [0.1, 0.15) is 5.82 Å². The predicted octanol–water partition coefficient (Wildman–Crippen LogP) is 2.54. The van der Waals surface area contributed by atoms with Crippen LogP contribution >= 0.6 is 11.8 Å². The summed E-state index contributed by atoms with van der Waals surface area (Å²) in [6.45, 7) is 4.97. The van der Waals surface area contributed by atoms with Crippen molar-refractivity contribution in [3.8, 4) is 0 Å². The normalized spacial score (nSPS) is 15.8. The highest BCUT2D eigenvalue weighted by molar-refractivity contribution is 7.99. The van der Waals surface area contributed by atoms with E-state index in [1.165, 1.54) is 5.56 Å². The Hall–Kier alpha value is -0.740. The summed E-state index contributed by atoms with van der Waals surface area (Å²) in [6, 6.07) is 4.23. The van der Waals surface area contributed by atoms with Crippen LogP contribution in [0.3, 0.4) is 0 Å². The highest BCUT2D eigenvalue weighted by Crippen LogP contribution is 2.23. The van der Waals surface area contributed by atoms with E-state index in [0.717, 1.165) is 37.8 Å². The molecule has 0 bridgehead atoms. The third kappa shape index (κ3) is 3.39. The van der Waals surface area contributed by atoms with E-state index in [9.17, 15) is 0 Å². The second-order valence-electron chi connectivity index (χ2n) is 3.95. The van der Waals surface area contributed by atoms with Gasteiger partial charge in [-0.05, 0) is 24.1 Å². The van der Waals surface area contributed by atoms with Crippen LogP contribution in [0.1, 0.15) is 18.9 Å². The molecule has 1 aliphatic rings. The largest absolute Gasteiger partial charge is 0.379 e. The number of pyridine rings is 1. The minimum Gasteiger partial charge on any atom is -0.379 e. The van der Waals surface area contributed by atoms with Crippen molar-refractivity contribution in [1.82, 2.24) is 4.98 Å². The number of hydrogen-bond acceptors (Lipinski definition) is 4. The van der Waals surface area contributed by atoms with Crippen molar-refractivity contribution in [3.05, 3.63) is 23.9 Å². The minimum absolute atomic E-state index is 0.695. The summed E-state index contributed by atoms with van der Waals surface area (Å²) in [5.41, 5.74) is 1.34. The topological polar surface area (TPSA) is 34.1 Å². The molecule has 1 N–H and O–H groups in total. The van der Waals surface area contributed by atoms with Crippen LogP contribution in [0.15, 0.2) is 18.3 Å². The Bertz CT molecular complexity index is 329. The molecule has 0 aromatic carbocycles. The molecule has 88 valence electrons. The summed E-state index contributed by atoms with van der Waals surface area (Å²) in [5, 5.41) is 4.00. The van der Waals surface area contributed by atoms with Gasteiger partial charge in [0.05, 0.1) is 18.5 Å². The van der Waals surface area contributed by atoms with Crippen molar-refractivity contribution in [2.45, 2.75) is 24.3 Å². The van der Waals surface area contributed by atoms with Crippen LogP contribution in [0.4, 0.5) is 5.82 Å². The molecule has 0 spiro atoms. The molecule has 0 amide bonds. The highest BCUT2D eigenvalue weighted by Gasteiger charge is 2.18. The van der Waals surface area contributed by atoms with E-state index in [1.54, 1.807) is 0 Å². The van der Waals surface area contributed by atoms with Gasteiger partial charge in [-0.2, -0.15) is 0 Å². The summed E-state index contributed by atoms with van der Waals surface area (Å²) in [6.07, 6.45) is 3.01. The lowest BCUT2D eigenvalue weighted by molar-refractivity contribution is 0.0455. The van der Waals surface area contributed by atoms with Gasteiger partial charge in [0.25, 0.3) is 0 Å². The van der Waals surface area contributed by atoms with Crippen molar-refractivity contribution >= 4 is 17.6 Å². The SMILES string of the molecule is CCCNc1cc(CSC2COC2)ccn1. The molecule has 1 aromatic heterocycles. The quantitative estimate of drug-likeness (QED) is 0.826. The fourth-order valence-electron chi connectivity index (χ4n) is 1.44. The summed E-state index contributed by atoms with van der Waals surface area (Å²) in [4.78, 5) is 4.29. The number of ether oxygens (including phenoxy) is 1. The maximum absolute atomic E-state index is 5.15. The van der Waals surface area contributed by atoms with Gasteiger partial charge in [-0.25, -0.2) is 4.98 Å². The lowest BCUT2D eigenvalue weighted by Gasteiger charge is -2.25. The van der Waals surface area contributed by atoms with Gasteiger partial charge in [-0.3, -0.25) is 0 Å². The van der Waals surface area contributed by atoms with E-state index in [-0.39, 0.29) is 0 Å². The number of nitrogens with one attached hydrogen (secondary N) is 1. The third-order valence-electron chi connectivity index (χ3n) is 2.47. The van der Waals surface area contributed by atoms with Crippen molar-refractivity contribution < 1.29 is 4.74 Å². The number of hydrogen-bond donors (Lipinski definition) is 1. The zero-order valence-corrected chi connectivity index (χ0v) is 10.4. The molecular weight excluding hydrogens is 220 g/mol. The Morgan fingerprint density at radius 3 is 3.12 bits per heavy atom. The monoisotopic (exact) mass is 238 g/mol. The fourth-order valence-corrected chi connectivity index (χ4v) is 2.43. The first-order valence-corrected chi connectivity index (χ1v) is 6.81. The Kier molecular flexibility index (Phi) is 4.48. The van der Waals surface area contributed by atoms with Gasteiger partial charge in [0.2, 0.25) is 0 Å². The molecule has 2 heterocycles. The molecule has 1 aliphatic heterocycles. The molecule has 1 aromatic rings. The molecule has 2 rings (SSSR count). The summed E-state index contributed by atoms with van der Waals surface area (Å²) >= 11 is 1.97. The first-order chi connectivity index (χ1) is 7.88. The molecule has 3 nitrogen and oxygen atoms in total. The summed E-state index contributed by atoms with van der Waals surface area (Å²) in [7, 11) is 0. The Morgan fingerprint density at radius 2 is 2.44 bits per heavy atom. The molecule has 4 heteroatoms. The smallest absolute Gasteiger partial charge is 0.126 e. The van der Waals surface area contributed by atoms with Gasteiger partial charge < -0.3 is 10.1 Å². The lowest BCUT2D eigenvalue weighted by Crippen LogP contribution is -2.30. The van der Waals surface area contributed by atoms with E-state index in [4.69, 9.17) is 4.74 Å². The van der Waals surface area contributed by atoms with Crippen LogP contribution in [0.25, 0.3) is 0 Å². The highest BCUT2D eigenvalue weighted by atomic mass is 32.2. The Balaban J connectivity index is 1.82. The number of aromatic nitrogens is 1. The number of anilines is 1. The van der Waals surface area contributed by atoms with Crippen molar-refractivity contribution in [3.63, 3.8) is 0 Å². The first kappa shape index (κ1) is 11.7. The minimum atomic E-state index is 0.695. The van der Waals surface area contributed by atoms with E-state index in [1.807, 2.05) is 18.0 Å². The van der Waals surface area contributed by atoms with Crippen molar-refractivity contribution in [2.24, 2.45) is 0 Å². The van der Waals surface area contributed by atoms with Gasteiger partial charge in [0.15, 0.2) is 0 Å². The van der Waals surface area contributed by atoms with Crippen LogP contribution in [0, 0.1) is 0 Å². The standard InChI is InChI=1S/C12H18N2OS/c1-2-4-13-12-6-10(3-5-14-12)9-16-11-7-15-8-11/h3,5-6,11H,2,4,7-9H2,1H3,(H,13,14). The van der Waals surface area contributed by atoms with Gasteiger partial charge >= 0.3 is 0 Å². The number of rotatable bonds is 6. The molecule has 0 aliphatic carbocycles. The number of nitrogens with zero attached hydrogens (tertiary/aromatic N) is 1. The maximum atomic E-state index is 5.15. The zero-order chi connectivity index (χ0) is 11.2. The van der Waals surface area contributed by atoms with E-state index in [2.05, 4.69) is 29.4 Å². The van der Waals surface area contributed by atoms with E-state index in [0.29, 0.717) is 5.25 Å². The number of thioether (sulfide) groups is 1. The van der Waals surface area contributed by atoms with Crippen molar-refractivity contribution in [1.29, 1.82) is 0 Å². The van der Waals surface area contributed by atoms with Gasteiger partial charge in [-0.1, -0.05) is 6.92 Å². The lowest BCUT2D eigenvalue weighted by atomic mass is 10.3. The average Bonchev–Trinajstić information content (AvgIpc) is 2.25. The molecule has 0 atom stereocenters. The first-order valence-electron chi connectivity index (χ1n) is 5.76. The Morgan fingerprint density at radius 1 is 1.56 bits per heavy atom. The van der Waals surface area contributed by atoms with Gasteiger partial charge in [0, 0.05) is 18.5 Å². The Labute approximate surface area is 101 Å². The van der Waals surface area contributed by atoms with Crippen LogP contribution < -0.4 is 5.32 Å². The summed E-state index contributed by atoms with van der Waals surface area (Å²) in [5.74, 6) is 2.04. The van der Waals surface area contributed by atoms with Crippen molar-refractivity contribution in [2.75, 3.05) is 25.1 Å².